The zero-order chi connectivity index (χ0) is 17.4. The Morgan fingerprint density at radius 3 is 2.92 bits per heavy atom. The Hall–Kier alpha value is -2.75. The fourth-order valence-corrected chi connectivity index (χ4v) is 3.71. The van der Waals surface area contributed by atoms with E-state index in [1.165, 1.54) is 16.6 Å². The second-order valence-corrected chi connectivity index (χ2v) is 6.79. The molecular weight excluding hydrogens is 312 g/mol. The zero-order valence-corrected chi connectivity index (χ0v) is 14.6. The Labute approximate surface area is 147 Å². The molecule has 128 valence electrons. The summed E-state index contributed by atoms with van der Waals surface area (Å²) >= 11 is 0. The minimum absolute atomic E-state index is 0.00165. The Kier molecular flexibility index (Phi) is 3.96. The van der Waals surface area contributed by atoms with Gasteiger partial charge in [0.25, 0.3) is 0 Å². The predicted molar refractivity (Wildman–Crippen MR) is 100 cm³/mol. The van der Waals surface area contributed by atoms with E-state index < -0.39 is 0 Å². The zero-order valence-electron chi connectivity index (χ0n) is 14.6. The molecule has 0 bridgehead atoms. The standard InChI is InChI=1S/C21H22N2O2/c1-13-4-3-5-15(10-13)22-21(24)14-6-8-19-17(11-14)18-12-16(25-2)7-9-20(18)23-19/h3-5,7,9-10,12,14,23H,6,8,11H2,1-2H3,(H,22,24). The third kappa shape index (κ3) is 3.00. The van der Waals surface area contributed by atoms with E-state index in [4.69, 9.17) is 4.74 Å². The molecule has 1 aromatic heterocycles. The minimum atomic E-state index is -0.00165. The first-order valence-electron chi connectivity index (χ1n) is 8.69. The molecule has 1 atom stereocenters. The smallest absolute Gasteiger partial charge is 0.227 e. The number of fused-ring (bicyclic) bond motifs is 3. The number of ether oxygens (including phenoxy) is 1. The van der Waals surface area contributed by atoms with Gasteiger partial charge >= 0.3 is 0 Å². The Bertz CT molecular complexity index is 942. The molecule has 3 aromatic rings. The third-order valence-corrected chi connectivity index (χ3v) is 5.05. The van der Waals surface area contributed by atoms with Crippen molar-refractivity contribution in [3.63, 3.8) is 0 Å². The van der Waals surface area contributed by atoms with Gasteiger partial charge in [0.15, 0.2) is 0 Å². The van der Waals surface area contributed by atoms with Gasteiger partial charge in [0.05, 0.1) is 7.11 Å². The quantitative estimate of drug-likeness (QED) is 0.753. The van der Waals surface area contributed by atoms with Crippen LogP contribution in [0.1, 0.15) is 23.2 Å². The second-order valence-electron chi connectivity index (χ2n) is 6.79. The summed E-state index contributed by atoms with van der Waals surface area (Å²) < 4.78 is 5.35. The van der Waals surface area contributed by atoms with Crippen molar-refractivity contribution in [2.45, 2.75) is 26.2 Å². The molecule has 1 aliphatic rings. The van der Waals surface area contributed by atoms with Crippen molar-refractivity contribution in [2.75, 3.05) is 12.4 Å². The molecule has 0 aliphatic heterocycles. The lowest BCUT2D eigenvalue weighted by Crippen LogP contribution is -2.28. The summed E-state index contributed by atoms with van der Waals surface area (Å²) in [5.74, 6) is 0.951. The van der Waals surface area contributed by atoms with Crippen LogP contribution in [0.4, 0.5) is 5.69 Å². The predicted octanol–water partition coefficient (Wildman–Crippen LogP) is 4.23. The van der Waals surface area contributed by atoms with Crippen LogP contribution in [0.2, 0.25) is 0 Å². The highest BCUT2D eigenvalue weighted by atomic mass is 16.5. The molecule has 2 aromatic carbocycles. The molecule has 0 fully saturated rings. The maximum atomic E-state index is 12.7. The highest BCUT2D eigenvalue weighted by Crippen LogP contribution is 2.34. The van der Waals surface area contributed by atoms with Crippen LogP contribution in [0, 0.1) is 12.8 Å². The van der Waals surface area contributed by atoms with Gasteiger partial charge in [-0.05, 0) is 67.6 Å². The number of aryl methyl sites for hydroxylation is 2. The van der Waals surface area contributed by atoms with Gasteiger partial charge in [0, 0.05) is 28.2 Å². The molecule has 0 spiro atoms. The van der Waals surface area contributed by atoms with Crippen molar-refractivity contribution in [1.82, 2.24) is 4.98 Å². The topological polar surface area (TPSA) is 54.1 Å². The SMILES string of the molecule is COc1ccc2[nH]c3c(c2c1)CC(C(=O)Nc1cccc(C)c1)CC3. The van der Waals surface area contributed by atoms with Crippen LogP contribution in [0.5, 0.6) is 5.75 Å². The number of rotatable bonds is 3. The molecule has 2 N–H and O–H groups in total. The second kappa shape index (κ2) is 6.28. The molecule has 4 nitrogen and oxygen atoms in total. The molecule has 4 heteroatoms. The van der Waals surface area contributed by atoms with E-state index in [9.17, 15) is 4.79 Å². The van der Waals surface area contributed by atoms with Gasteiger partial charge in [-0.25, -0.2) is 0 Å². The average Bonchev–Trinajstić information content (AvgIpc) is 2.98. The van der Waals surface area contributed by atoms with Gasteiger partial charge in [0.1, 0.15) is 5.75 Å². The van der Waals surface area contributed by atoms with Crippen LogP contribution < -0.4 is 10.1 Å². The van der Waals surface area contributed by atoms with Crippen LogP contribution in [0.3, 0.4) is 0 Å². The number of carbonyl (C=O) groups excluding carboxylic acids is 1. The van der Waals surface area contributed by atoms with Gasteiger partial charge in [-0.3, -0.25) is 4.79 Å². The van der Waals surface area contributed by atoms with Crippen LogP contribution >= 0.6 is 0 Å². The summed E-state index contributed by atoms with van der Waals surface area (Å²) in [5.41, 5.74) is 5.64. The summed E-state index contributed by atoms with van der Waals surface area (Å²) in [6.07, 6.45) is 2.53. The Morgan fingerprint density at radius 2 is 2.12 bits per heavy atom. The fourth-order valence-electron chi connectivity index (χ4n) is 3.71. The van der Waals surface area contributed by atoms with Crippen LogP contribution in [-0.4, -0.2) is 18.0 Å². The summed E-state index contributed by atoms with van der Waals surface area (Å²) in [6, 6.07) is 14.0. The number of aromatic amines is 1. The Morgan fingerprint density at radius 1 is 1.24 bits per heavy atom. The lowest BCUT2D eigenvalue weighted by atomic mass is 9.85. The monoisotopic (exact) mass is 334 g/mol. The maximum Gasteiger partial charge on any atom is 0.227 e. The lowest BCUT2D eigenvalue weighted by molar-refractivity contribution is -0.120. The highest BCUT2D eigenvalue weighted by Gasteiger charge is 2.27. The van der Waals surface area contributed by atoms with E-state index in [1.54, 1.807) is 7.11 Å². The molecule has 0 saturated carbocycles. The van der Waals surface area contributed by atoms with E-state index in [0.29, 0.717) is 0 Å². The molecule has 0 radical (unpaired) electrons. The molecule has 1 aliphatic carbocycles. The summed E-state index contributed by atoms with van der Waals surface area (Å²) in [4.78, 5) is 16.2. The molecular formula is C21H22N2O2. The number of amides is 1. The van der Waals surface area contributed by atoms with Crippen molar-refractivity contribution < 1.29 is 9.53 Å². The van der Waals surface area contributed by atoms with E-state index in [0.717, 1.165) is 41.8 Å². The first-order valence-corrected chi connectivity index (χ1v) is 8.69. The average molecular weight is 334 g/mol. The van der Waals surface area contributed by atoms with E-state index in [-0.39, 0.29) is 11.8 Å². The van der Waals surface area contributed by atoms with Gasteiger partial charge in [-0.2, -0.15) is 0 Å². The van der Waals surface area contributed by atoms with Gasteiger partial charge < -0.3 is 15.0 Å². The van der Waals surface area contributed by atoms with Gasteiger partial charge in [-0.15, -0.1) is 0 Å². The highest BCUT2D eigenvalue weighted by molar-refractivity contribution is 5.94. The fraction of sp³-hybridized carbons (Fsp3) is 0.286. The van der Waals surface area contributed by atoms with Crippen molar-refractivity contribution in [1.29, 1.82) is 0 Å². The summed E-state index contributed by atoms with van der Waals surface area (Å²) in [5, 5.41) is 4.24. The number of benzene rings is 2. The molecule has 25 heavy (non-hydrogen) atoms. The van der Waals surface area contributed by atoms with Crippen molar-refractivity contribution in [2.24, 2.45) is 5.92 Å². The summed E-state index contributed by atoms with van der Waals surface area (Å²) in [6.45, 7) is 2.03. The normalized spacial score (nSPS) is 16.5. The maximum absolute atomic E-state index is 12.7. The molecule has 4 rings (SSSR count). The van der Waals surface area contributed by atoms with Gasteiger partial charge in [-0.1, -0.05) is 12.1 Å². The minimum Gasteiger partial charge on any atom is -0.497 e. The van der Waals surface area contributed by atoms with Crippen molar-refractivity contribution in [3.8, 4) is 5.75 Å². The number of methoxy groups -OCH3 is 1. The number of hydrogen-bond acceptors (Lipinski definition) is 2. The van der Waals surface area contributed by atoms with Crippen molar-refractivity contribution >= 4 is 22.5 Å². The number of H-pyrrole nitrogens is 1. The van der Waals surface area contributed by atoms with Crippen molar-refractivity contribution in [3.05, 3.63) is 59.3 Å². The molecule has 0 saturated heterocycles. The number of aromatic nitrogens is 1. The number of nitrogens with one attached hydrogen (secondary N) is 2. The van der Waals surface area contributed by atoms with E-state index in [2.05, 4.69) is 16.4 Å². The Balaban J connectivity index is 1.58. The van der Waals surface area contributed by atoms with Crippen LogP contribution in [0.25, 0.3) is 10.9 Å². The number of hydrogen-bond donors (Lipinski definition) is 2. The molecule has 1 heterocycles. The van der Waals surface area contributed by atoms with E-state index in [1.807, 2.05) is 43.3 Å². The van der Waals surface area contributed by atoms with Gasteiger partial charge in [0.2, 0.25) is 5.91 Å². The molecule has 1 unspecified atom stereocenters. The third-order valence-electron chi connectivity index (χ3n) is 5.05. The number of anilines is 1. The molecule has 1 amide bonds. The lowest BCUT2D eigenvalue weighted by Gasteiger charge is -2.22. The van der Waals surface area contributed by atoms with Crippen LogP contribution in [0.15, 0.2) is 42.5 Å². The summed E-state index contributed by atoms with van der Waals surface area (Å²) in [7, 11) is 1.68. The first-order chi connectivity index (χ1) is 12.1. The van der Waals surface area contributed by atoms with E-state index >= 15 is 0 Å². The van der Waals surface area contributed by atoms with Crippen LogP contribution in [-0.2, 0) is 17.6 Å². The largest absolute Gasteiger partial charge is 0.497 e. The number of carbonyl (C=O) groups is 1. The first kappa shape index (κ1) is 15.8.